The van der Waals surface area contributed by atoms with Gasteiger partial charge < -0.3 is 5.32 Å². The molecule has 0 unspecified atom stereocenters. The molecule has 1 saturated heterocycles. The molecule has 5 heteroatoms. The zero-order valence-corrected chi connectivity index (χ0v) is 10.8. The summed E-state index contributed by atoms with van der Waals surface area (Å²) < 4.78 is 0. The Balaban J connectivity index is 2.20. The average molecular weight is 247 g/mol. The largest absolute Gasteiger partial charge is 0.326 e. The predicted octanol–water partition coefficient (Wildman–Crippen LogP) is 1.52. The Morgan fingerprint density at radius 2 is 2.17 bits per heavy atom. The van der Waals surface area contributed by atoms with Gasteiger partial charge in [0.25, 0.3) is 0 Å². The normalized spacial score (nSPS) is 17.5. The molecule has 0 aliphatic carbocycles. The van der Waals surface area contributed by atoms with Crippen LogP contribution in [0.25, 0.3) is 0 Å². The van der Waals surface area contributed by atoms with Gasteiger partial charge in [-0.05, 0) is 32.0 Å². The highest BCUT2D eigenvalue weighted by atomic mass is 16.2. The molecule has 0 spiro atoms. The standard InChI is InChI=1S/C13H17N3O2/c1-9(17)14-10-5-4-6-11(7-10)16-8-13(2,3)12(18)15-16/h4-7H,8H2,1-3H3,(H,14,17)(H,15,18). The van der Waals surface area contributed by atoms with Gasteiger partial charge in [0.15, 0.2) is 0 Å². The van der Waals surface area contributed by atoms with Crippen molar-refractivity contribution < 1.29 is 9.59 Å². The molecule has 5 nitrogen and oxygen atoms in total. The monoisotopic (exact) mass is 247 g/mol. The third-order valence-corrected chi connectivity index (χ3v) is 2.88. The number of benzene rings is 1. The van der Waals surface area contributed by atoms with E-state index in [1.807, 2.05) is 38.1 Å². The fourth-order valence-electron chi connectivity index (χ4n) is 1.89. The molecule has 1 aromatic rings. The fraction of sp³-hybridized carbons (Fsp3) is 0.385. The highest BCUT2D eigenvalue weighted by Gasteiger charge is 2.38. The Morgan fingerprint density at radius 3 is 2.72 bits per heavy atom. The molecule has 96 valence electrons. The molecule has 1 fully saturated rings. The van der Waals surface area contributed by atoms with Crippen LogP contribution in [-0.4, -0.2) is 18.4 Å². The lowest BCUT2D eigenvalue weighted by molar-refractivity contribution is -0.125. The van der Waals surface area contributed by atoms with E-state index in [9.17, 15) is 9.59 Å². The number of anilines is 2. The smallest absolute Gasteiger partial charge is 0.246 e. The Kier molecular flexibility index (Phi) is 2.98. The quantitative estimate of drug-likeness (QED) is 0.833. The SMILES string of the molecule is CC(=O)Nc1cccc(N2CC(C)(C)C(=O)N2)c1. The second-order valence-corrected chi connectivity index (χ2v) is 5.14. The summed E-state index contributed by atoms with van der Waals surface area (Å²) >= 11 is 0. The Hall–Kier alpha value is -2.04. The van der Waals surface area contributed by atoms with Gasteiger partial charge >= 0.3 is 0 Å². The lowest BCUT2D eigenvalue weighted by Crippen LogP contribution is -2.33. The topological polar surface area (TPSA) is 61.4 Å². The van der Waals surface area contributed by atoms with Gasteiger partial charge in [-0.3, -0.25) is 20.0 Å². The minimum atomic E-state index is -0.399. The highest BCUT2D eigenvalue weighted by Crippen LogP contribution is 2.28. The summed E-state index contributed by atoms with van der Waals surface area (Å²) in [4.78, 5) is 22.7. The van der Waals surface area contributed by atoms with Crippen molar-refractivity contribution in [3.05, 3.63) is 24.3 Å². The van der Waals surface area contributed by atoms with Gasteiger partial charge in [0.05, 0.1) is 17.6 Å². The van der Waals surface area contributed by atoms with Crippen molar-refractivity contribution in [2.75, 3.05) is 16.9 Å². The van der Waals surface area contributed by atoms with Crippen LogP contribution in [0.4, 0.5) is 11.4 Å². The van der Waals surface area contributed by atoms with Crippen molar-refractivity contribution in [1.29, 1.82) is 0 Å². The van der Waals surface area contributed by atoms with E-state index in [1.165, 1.54) is 6.92 Å². The van der Waals surface area contributed by atoms with Gasteiger partial charge in [-0.15, -0.1) is 0 Å². The number of amides is 2. The molecular weight excluding hydrogens is 230 g/mol. The molecule has 1 heterocycles. The first-order valence-electron chi connectivity index (χ1n) is 5.85. The van der Waals surface area contributed by atoms with E-state index in [-0.39, 0.29) is 11.8 Å². The number of carbonyl (C=O) groups excluding carboxylic acids is 2. The Labute approximate surface area is 106 Å². The molecule has 0 radical (unpaired) electrons. The summed E-state index contributed by atoms with van der Waals surface area (Å²) in [5, 5.41) is 4.52. The first-order chi connectivity index (χ1) is 8.38. The summed E-state index contributed by atoms with van der Waals surface area (Å²) in [5.41, 5.74) is 4.01. The van der Waals surface area contributed by atoms with Crippen molar-refractivity contribution in [1.82, 2.24) is 5.43 Å². The van der Waals surface area contributed by atoms with Crippen LogP contribution in [0.2, 0.25) is 0 Å². The van der Waals surface area contributed by atoms with Crippen LogP contribution in [0.1, 0.15) is 20.8 Å². The zero-order valence-electron chi connectivity index (χ0n) is 10.8. The van der Waals surface area contributed by atoms with E-state index < -0.39 is 5.41 Å². The van der Waals surface area contributed by atoms with E-state index in [4.69, 9.17) is 0 Å². The van der Waals surface area contributed by atoms with Crippen molar-refractivity contribution in [2.24, 2.45) is 5.41 Å². The van der Waals surface area contributed by atoms with E-state index in [0.29, 0.717) is 6.54 Å². The summed E-state index contributed by atoms with van der Waals surface area (Å²) in [6, 6.07) is 7.39. The van der Waals surface area contributed by atoms with Crippen molar-refractivity contribution >= 4 is 23.2 Å². The number of hydrogen-bond acceptors (Lipinski definition) is 3. The zero-order chi connectivity index (χ0) is 13.3. The van der Waals surface area contributed by atoms with E-state index in [1.54, 1.807) is 5.01 Å². The van der Waals surface area contributed by atoms with Gasteiger partial charge in [-0.1, -0.05) is 6.07 Å². The first-order valence-corrected chi connectivity index (χ1v) is 5.85. The minimum Gasteiger partial charge on any atom is -0.326 e. The van der Waals surface area contributed by atoms with Gasteiger partial charge in [0.2, 0.25) is 11.8 Å². The van der Waals surface area contributed by atoms with Crippen LogP contribution >= 0.6 is 0 Å². The molecule has 0 atom stereocenters. The number of rotatable bonds is 2. The van der Waals surface area contributed by atoms with Crippen LogP contribution in [0, 0.1) is 5.41 Å². The maximum atomic E-state index is 11.7. The van der Waals surface area contributed by atoms with E-state index in [0.717, 1.165) is 11.4 Å². The Bertz CT molecular complexity index is 497. The minimum absolute atomic E-state index is 0.00688. The number of hydrazine groups is 1. The fourth-order valence-corrected chi connectivity index (χ4v) is 1.89. The molecule has 0 bridgehead atoms. The maximum absolute atomic E-state index is 11.7. The van der Waals surface area contributed by atoms with Gasteiger partial charge in [0.1, 0.15) is 0 Å². The molecule has 1 aliphatic rings. The van der Waals surface area contributed by atoms with Crippen molar-refractivity contribution in [3.63, 3.8) is 0 Å². The molecule has 1 aromatic carbocycles. The van der Waals surface area contributed by atoms with Crippen molar-refractivity contribution in [2.45, 2.75) is 20.8 Å². The van der Waals surface area contributed by atoms with Crippen LogP contribution in [0.3, 0.4) is 0 Å². The third-order valence-electron chi connectivity index (χ3n) is 2.88. The first kappa shape index (κ1) is 12.4. The Morgan fingerprint density at radius 1 is 1.44 bits per heavy atom. The lowest BCUT2D eigenvalue weighted by Gasteiger charge is -2.19. The average Bonchev–Trinajstić information content (AvgIpc) is 2.53. The molecule has 2 amide bonds. The molecule has 0 aromatic heterocycles. The molecular formula is C13H17N3O2. The molecule has 1 aliphatic heterocycles. The summed E-state index contributed by atoms with van der Waals surface area (Å²) in [6.07, 6.45) is 0. The molecule has 2 N–H and O–H groups in total. The third kappa shape index (κ3) is 2.45. The predicted molar refractivity (Wildman–Crippen MR) is 70.0 cm³/mol. The molecule has 18 heavy (non-hydrogen) atoms. The van der Waals surface area contributed by atoms with E-state index in [2.05, 4.69) is 10.7 Å². The second-order valence-electron chi connectivity index (χ2n) is 5.14. The van der Waals surface area contributed by atoms with E-state index >= 15 is 0 Å². The van der Waals surface area contributed by atoms with Gasteiger partial charge in [-0.2, -0.15) is 0 Å². The molecule has 2 rings (SSSR count). The van der Waals surface area contributed by atoms with Crippen LogP contribution in [0.5, 0.6) is 0 Å². The van der Waals surface area contributed by atoms with Crippen LogP contribution in [-0.2, 0) is 9.59 Å². The van der Waals surface area contributed by atoms with Gasteiger partial charge in [0, 0.05) is 12.6 Å². The van der Waals surface area contributed by atoms with Crippen molar-refractivity contribution in [3.8, 4) is 0 Å². The van der Waals surface area contributed by atoms with Crippen LogP contribution < -0.4 is 15.8 Å². The van der Waals surface area contributed by atoms with Gasteiger partial charge in [-0.25, -0.2) is 0 Å². The summed E-state index contributed by atoms with van der Waals surface area (Å²) in [7, 11) is 0. The number of nitrogens with one attached hydrogen (secondary N) is 2. The summed E-state index contributed by atoms with van der Waals surface area (Å²) in [5.74, 6) is -0.106. The van der Waals surface area contributed by atoms with Crippen LogP contribution in [0.15, 0.2) is 24.3 Å². The number of carbonyl (C=O) groups is 2. The number of nitrogens with zero attached hydrogens (tertiary/aromatic N) is 1. The second kappa shape index (κ2) is 4.33. The number of hydrogen-bond donors (Lipinski definition) is 2. The lowest BCUT2D eigenvalue weighted by atomic mass is 9.94. The molecule has 0 saturated carbocycles. The highest BCUT2D eigenvalue weighted by molar-refractivity contribution is 5.90. The summed E-state index contributed by atoms with van der Waals surface area (Å²) in [6.45, 7) is 5.88. The maximum Gasteiger partial charge on any atom is 0.246 e.